The van der Waals surface area contributed by atoms with Crippen molar-refractivity contribution in [1.29, 1.82) is 7.16 Å². The molecule has 0 amide bonds. The second-order valence-electron chi connectivity index (χ2n) is 17.0. The van der Waals surface area contributed by atoms with Crippen molar-refractivity contribution in [2.24, 2.45) is 17.8 Å². The molecular weight excluding hydrogens is 676 g/mol. The highest BCUT2D eigenvalue weighted by Crippen LogP contribution is 2.40. The second kappa shape index (κ2) is 17.8. The van der Waals surface area contributed by atoms with Crippen molar-refractivity contribution in [2.75, 3.05) is 34.8 Å². The van der Waals surface area contributed by atoms with Gasteiger partial charge in [0, 0.05) is 38.1 Å². The summed E-state index contributed by atoms with van der Waals surface area (Å²) in [6.45, 7) is 18.5. The average Bonchev–Trinajstić information content (AvgIpc) is 3.16. The van der Waals surface area contributed by atoms with Crippen molar-refractivity contribution in [3.8, 4) is 0 Å². The first-order chi connectivity index (χ1) is 26.6. The van der Waals surface area contributed by atoms with Gasteiger partial charge in [-0.2, -0.15) is 0 Å². The van der Waals surface area contributed by atoms with Gasteiger partial charge in [-0.05, 0) is 94.8 Å². The van der Waals surface area contributed by atoms with Crippen LogP contribution in [0.25, 0.3) is 0 Å². The molecule has 1 unspecified atom stereocenters. The predicted molar refractivity (Wildman–Crippen MR) is 194 cm³/mol. The van der Waals surface area contributed by atoms with Gasteiger partial charge in [0.1, 0.15) is 30.0 Å². The number of methoxy groups -OCH3 is 1. The Labute approximate surface area is 319 Å². The summed E-state index contributed by atoms with van der Waals surface area (Å²) in [5, 5.41) is 26.7. The third-order valence-electron chi connectivity index (χ3n) is 12.1. The van der Waals surface area contributed by atoms with Gasteiger partial charge >= 0.3 is 5.97 Å². The number of hydrogen-bond donors (Lipinski definition) is 5. The van der Waals surface area contributed by atoms with E-state index in [0.29, 0.717) is 13.0 Å². The molecule has 306 valence electrons. The van der Waals surface area contributed by atoms with Crippen molar-refractivity contribution in [3.05, 3.63) is 0 Å². The van der Waals surface area contributed by atoms with Gasteiger partial charge in [-0.15, -0.1) is 0 Å². The minimum Gasteiger partial charge on any atom is -0.459 e. The van der Waals surface area contributed by atoms with E-state index in [0.717, 1.165) is 0 Å². The molecule has 0 aromatic heterocycles. The lowest BCUT2D eigenvalue weighted by Crippen LogP contribution is -2.60. The number of cyclic esters (lactones) is 1. The number of ether oxygens (including phenoxy) is 6. The lowest BCUT2D eigenvalue weighted by Gasteiger charge is -2.48. The third kappa shape index (κ3) is 10.0. The molecule has 18 atom stereocenters. The molecule has 3 heterocycles. The normalized spacial score (nSPS) is 50.9. The van der Waals surface area contributed by atoms with E-state index in [9.17, 15) is 4.79 Å². The minimum absolute atomic E-state index is 0.134. The van der Waals surface area contributed by atoms with Crippen LogP contribution >= 0.6 is 0 Å². The van der Waals surface area contributed by atoms with E-state index in [1.54, 1.807) is 41.5 Å². The van der Waals surface area contributed by atoms with Gasteiger partial charge in [0.25, 0.3) is 0 Å². The Hall–Kier alpha value is -1.01. The average molecular weight is 754 g/mol. The first-order valence-electron chi connectivity index (χ1n) is 21.1. The van der Waals surface area contributed by atoms with Crippen LogP contribution in [0, 0.1) is 17.8 Å². The van der Waals surface area contributed by atoms with E-state index < -0.39 is 96.0 Å². The topological polar surface area (TPSA) is 180 Å². The molecule has 0 spiro atoms. The summed E-state index contributed by atoms with van der Waals surface area (Å²) in [5.74, 6) is -2.64. The van der Waals surface area contributed by atoms with E-state index in [1.165, 1.54) is 7.11 Å². The maximum atomic E-state index is 14.5. The predicted octanol–water partition coefficient (Wildman–Crippen LogP) is 1.90. The van der Waals surface area contributed by atoms with Gasteiger partial charge < -0.3 is 63.8 Å². The van der Waals surface area contributed by atoms with Gasteiger partial charge in [-0.25, -0.2) is 0 Å². The number of hydrogen-bond acceptors (Lipinski definition) is 14. The zero-order valence-electron chi connectivity index (χ0n) is 39.0. The van der Waals surface area contributed by atoms with E-state index in [-0.39, 0.29) is 37.3 Å². The first-order valence-corrected chi connectivity index (χ1v) is 19.0. The summed E-state index contributed by atoms with van der Waals surface area (Å²) in [4.78, 5) is 18.5. The molecule has 0 aromatic carbocycles. The monoisotopic (exact) mass is 754 g/mol. The Morgan fingerprint density at radius 1 is 0.981 bits per heavy atom. The number of aliphatic hydroxyl groups is 5. The van der Waals surface area contributed by atoms with Crippen LogP contribution in [0.15, 0.2) is 0 Å². The Morgan fingerprint density at radius 2 is 1.67 bits per heavy atom. The third-order valence-corrected chi connectivity index (χ3v) is 12.1. The zero-order chi connectivity index (χ0) is 43.2. The Morgan fingerprint density at radius 3 is 2.23 bits per heavy atom. The summed E-state index contributed by atoms with van der Waals surface area (Å²) in [6.07, 6.45) is -7.42. The van der Waals surface area contributed by atoms with Crippen molar-refractivity contribution in [3.63, 3.8) is 0 Å². The van der Waals surface area contributed by atoms with Crippen LogP contribution in [0.5, 0.6) is 0 Å². The molecule has 0 bridgehead atoms. The van der Waals surface area contributed by atoms with Crippen molar-refractivity contribution in [2.45, 2.75) is 185 Å². The van der Waals surface area contributed by atoms with Gasteiger partial charge in [0.15, 0.2) is 12.6 Å². The zero-order valence-corrected chi connectivity index (χ0v) is 34.0. The molecule has 52 heavy (non-hydrogen) atoms. The van der Waals surface area contributed by atoms with Crippen LogP contribution in [-0.2, 0) is 33.2 Å². The lowest BCUT2D eigenvalue weighted by molar-refractivity contribution is -0.318. The smallest absolute Gasteiger partial charge is 0.311 e. The molecule has 0 aromatic rings. The first kappa shape index (κ1) is 37.9. The molecule has 5 N–H and O–H groups in total. The van der Waals surface area contributed by atoms with E-state index in [2.05, 4.69) is 0 Å². The molecular formula is C38H72N2O12. The fourth-order valence-corrected chi connectivity index (χ4v) is 8.64. The van der Waals surface area contributed by atoms with Crippen molar-refractivity contribution < 1.29 is 58.8 Å². The summed E-state index contributed by atoms with van der Waals surface area (Å²) >= 11 is 0. The second-order valence-corrected chi connectivity index (χ2v) is 17.0. The van der Waals surface area contributed by atoms with Crippen LogP contribution < -0.4 is 0 Å². The molecule has 0 aliphatic carbocycles. The Kier molecular flexibility index (Phi) is 13.0. The molecule has 3 saturated heterocycles. The van der Waals surface area contributed by atoms with E-state index in [1.807, 2.05) is 58.6 Å². The van der Waals surface area contributed by atoms with Crippen molar-refractivity contribution in [1.82, 2.24) is 9.80 Å². The van der Waals surface area contributed by atoms with E-state index >= 15 is 0 Å². The summed E-state index contributed by atoms with van der Waals surface area (Å²) in [5.41, 5.74) is -3.94. The Balaban J connectivity index is 2.27. The van der Waals surface area contributed by atoms with Crippen LogP contribution in [0.2, 0.25) is 0 Å². The fraction of sp³-hybridized carbons (Fsp3) is 0.974. The largest absolute Gasteiger partial charge is 0.459 e. The number of carbonyl (C=O) groups is 1. The number of aliphatic hydroxyl groups excluding tert-OH is 3. The number of rotatable bonds is 12. The van der Waals surface area contributed by atoms with Crippen LogP contribution in [0.1, 0.15) is 94.9 Å². The van der Waals surface area contributed by atoms with Gasteiger partial charge in [-0.1, -0.05) is 20.8 Å². The van der Waals surface area contributed by atoms with Crippen LogP contribution in [0.3, 0.4) is 0 Å². The molecule has 3 aliphatic heterocycles. The summed E-state index contributed by atoms with van der Waals surface area (Å²) in [6, 6.07) is -0.734. The number of nitrogens with zero attached hydrogens (tertiary/aromatic N) is 2. The Bertz CT molecular complexity index is 1250. The molecule has 3 aliphatic rings. The standard InChI is InChI=1S/C38H72N2O12/c1-15-27-38(10,46)31(42)24(6)40(13)19-20(2)17-36(8,45)33(52-35-29(41)26(39(11)12)16-21(3)48-35)22(4)30(23(5)34(44)50-27)51-28-18-37(9,47-14)32(43)25(7)49-28/h20-33,35,41-43,45-46H,15-19H2,1-14H3/t20-,21-,22+,23-,24-,25+,26+,27-,28+,29?,30+,31-,32+,33-,35+,36-,37-,38-/m1/s1/i41D,42D,43D,45D,46D. The van der Waals surface area contributed by atoms with Gasteiger partial charge in [0.2, 0.25) is 7.16 Å². The molecule has 3 fully saturated rings. The van der Waals surface area contributed by atoms with E-state index in [4.69, 9.17) is 61.1 Å². The number of carbonyl (C=O) groups excluding carboxylic acids is 1. The minimum atomic E-state index is -1.56. The summed E-state index contributed by atoms with van der Waals surface area (Å²) in [7, 11) is 7.19. The quantitative estimate of drug-likeness (QED) is 0.183. The molecule has 14 nitrogen and oxygen atoms in total. The van der Waals surface area contributed by atoms with Gasteiger partial charge in [-0.3, -0.25) is 4.79 Å². The van der Waals surface area contributed by atoms with Gasteiger partial charge in [0.05, 0.1) is 41.5 Å². The van der Waals surface area contributed by atoms with Crippen LogP contribution in [-0.4, -0.2) is 174 Å². The summed E-state index contributed by atoms with van der Waals surface area (Å²) < 4.78 is 79.3. The van der Waals surface area contributed by atoms with Crippen molar-refractivity contribution >= 4 is 5.97 Å². The highest BCUT2D eigenvalue weighted by Gasteiger charge is 2.52. The highest BCUT2D eigenvalue weighted by molar-refractivity contribution is 5.73. The maximum absolute atomic E-state index is 14.5. The van der Waals surface area contributed by atoms with Crippen LogP contribution in [0.4, 0.5) is 0 Å². The fourth-order valence-electron chi connectivity index (χ4n) is 8.64. The molecule has 3 rings (SSSR count). The SMILES string of the molecule is [2H]OC1[C@H](O[C@@H]2[C@@H](C)[C@H](O[C@H]3C[C@@](C)(OC)[C@@H](O[2H])[C@H](C)O3)[C@@H](C)C(=O)O[C@H](CC)[C@@](C)(O[2H])[C@H](O[2H])[C@@H](C)N(C)C[C@H](C)C[C@@]2(C)O[2H])O[C@H](C)C[C@@H]1N(C)C. The molecule has 14 heteroatoms. The number of likely N-dealkylation sites (N-methyl/N-ethyl adjacent to an activating group) is 2. The molecule has 0 saturated carbocycles. The highest BCUT2D eigenvalue weighted by atomic mass is 16.7. The number of esters is 1. The molecule has 0 radical (unpaired) electrons. The maximum Gasteiger partial charge on any atom is 0.311 e. The lowest BCUT2D eigenvalue weighted by atomic mass is 9.77.